The number of fused-ring (bicyclic) bond motifs is 1. The van der Waals surface area contributed by atoms with Crippen molar-refractivity contribution in [3.63, 3.8) is 0 Å². The molecule has 0 bridgehead atoms. The second-order valence-electron chi connectivity index (χ2n) is 8.59. The molecule has 1 aliphatic rings. The molecule has 1 aliphatic heterocycles. The van der Waals surface area contributed by atoms with Crippen molar-refractivity contribution in [3.05, 3.63) is 59.0 Å². The number of hydrogen-bond acceptors (Lipinski definition) is 10. The van der Waals surface area contributed by atoms with Crippen LogP contribution >= 0.6 is 11.6 Å². The minimum atomic E-state index is -4.63. The van der Waals surface area contributed by atoms with E-state index in [0.717, 1.165) is 6.07 Å². The third-order valence-corrected chi connectivity index (χ3v) is 6.45. The van der Waals surface area contributed by atoms with Crippen LogP contribution in [0.3, 0.4) is 0 Å². The lowest BCUT2D eigenvalue weighted by molar-refractivity contribution is -0.141. The van der Waals surface area contributed by atoms with Crippen LogP contribution in [0, 0.1) is 0 Å². The number of nitrogens with zero attached hydrogens (tertiary/aromatic N) is 6. The molecular weight excluding hydrogens is 539 g/mol. The molecule has 4 aromatic rings. The van der Waals surface area contributed by atoms with Gasteiger partial charge in [-0.15, -0.1) is 0 Å². The zero-order chi connectivity index (χ0) is 27.7. The summed E-state index contributed by atoms with van der Waals surface area (Å²) in [4.78, 5) is 21.0. The van der Waals surface area contributed by atoms with Gasteiger partial charge in [-0.25, -0.2) is 19.9 Å². The summed E-state index contributed by atoms with van der Waals surface area (Å²) in [5.41, 5.74) is 6.23. The predicted molar refractivity (Wildman–Crippen MR) is 139 cm³/mol. The molecule has 5 rings (SSSR count). The maximum Gasteiger partial charge on any atom is 0.433 e. The molecule has 4 aromatic heterocycles. The number of nitrogens with two attached hydrogens (primary N) is 1. The third-order valence-electron chi connectivity index (χ3n) is 6.08. The van der Waals surface area contributed by atoms with Crippen LogP contribution in [-0.4, -0.2) is 49.7 Å². The Morgan fingerprint density at radius 3 is 2.72 bits per heavy atom. The van der Waals surface area contributed by atoms with E-state index in [1.807, 2.05) is 0 Å². The molecule has 0 amide bonds. The first-order chi connectivity index (χ1) is 18.7. The summed E-state index contributed by atoms with van der Waals surface area (Å²) in [6.45, 7) is 0.783. The van der Waals surface area contributed by atoms with E-state index in [1.54, 1.807) is 24.7 Å². The van der Waals surface area contributed by atoms with Gasteiger partial charge in [-0.3, -0.25) is 0 Å². The lowest BCUT2D eigenvalue weighted by Gasteiger charge is -2.15. The highest BCUT2D eigenvalue weighted by molar-refractivity contribution is 6.36. The molecule has 4 N–H and O–H groups in total. The Hall–Kier alpha value is -4.17. The Labute approximate surface area is 225 Å². The lowest BCUT2D eigenvalue weighted by atomic mass is 10.0. The summed E-state index contributed by atoms with van der Waals surface area (Å²) >= 11 is 6.68. The molecule has 0 aliphatic carbocycles. The molecule has 5 heterocycles. The van der Waals surface area contributed by atoms with Crippen molar-refractivity contribution in [3.8, 4) is 5.75 Å². The van der Waals surface area contributed by atoms with Crippen molar-refractivity contribution in [2.75, 3.05) is 30.9 Å². The fourth-order valence-corrected chi connectivity index (χ4v) is 4.45. The summed E-state index contributed by atoms with van der Waals surface area (Å²) in [6, 6.07) is 2.50. The number of ether oxygens (including phenoxy) is 2. The minimum absolute atomic E-state index is 0.159. The van der Waals surface area contributed by atoms with E-state index in [-0.39, 0.29) is 39.7 Å². The quantitative estimate of drug-likeness (QED) is 0.277. The smallest absolute Gasteiger partial charge is 0.433 e. The number of hydrogen-bond donors (Lipinski definition) is 3. The van der Waals surface area contributed by atoms with Gasteiger partial charge in [-0.05, 0) is 18.6 Å². The monoisotopic (exact) mass is 561 g/mol. The molecule has 1 fully saturated rings. The number of rotatable bonds is 7. The molecule has 39 heavy (non-hydrogen) atoms. The first-order valence-corrected chi connectivity index (χ1v) is 12.1. The number of alkyl halides is 3. The van der Waals surface area contributed by atoms with Crippen LogP contribution in [-0.2, 0) is 18.0 Å². The van der Waals surface area contributed by atoms with Crippen molar-refractivity contribution < 1.29 is 22.6 Å². The Morgan fingerprint density at radius 2 is 2.03 bits per heavy atom. The highest BCUT2D eigenvalue weighted by atomic mass is 35.5. The molecular formula is C24H23ClF3N9O2. The van der Waals surface area contributed by atoms with Crippen LogP contribution < -0.4 is 21.1 Å². The highest BCUT2D eigenvalue weighted by Gasteiger charge is 2.34. The van der Waals surface area contributed by atoms with Crippen LogP contribution in [0.5, 0.6) is 5.75 Å². The van der Waals surface area contributed by atoms with Crippen molar-refractivity contribution in [1.82, 2.24) is 29.5 Å². The first-order valence-electron chi connectivity index (χ1n) is 11.7. The topological polar surface area (TPSA) is 138 Å². The van der Waals surface area contributed by atoms with E-state index in [1.165, 1.54) is 24.8 Å². The molecule has 0 aromatic carbocycles. The minimum Gasteiger partial charge on any atom is -0.450 e. The van der Waals surface area contributed by atoms with Crippen LogP contribution in [0.15, 0.2) is 36.9 Å². The Bertz CT molecular complexity index is 1550. The molecule has 0 saturated carbocycles. The van der Waals surface area contributed by atoms with E-state index in [9.17, 15) is 13.2 Å². The van der Waals surface area contributed by atoms with E-state index in [2.05, 4.69) is 35.6 Å². The predicted octanol–water partition coefficient (Wildman–Crippen LogP) is 4.45. The van der Waals surface area contributed by atoms with Gasteiger partial charge in [0.15, 0.2) is 23.0 Å². The SMILES string of the molecule is CNc1nccnc1/C(=C\N)Oc1cnc2nc(Nc3cc([C@@H]4CCOC4)nc(C(F)(F)F)c3)n(C)c2c1Cl. The fourth-order valence-electron chi connectivity index (χ4n) is 4.15. The van der Waals surface area contributed by atoms with Gasteiger partial charge in [-0.2, -0.15) is 18.2 Å². The van der Waals surface area contributed by atoms with Crippen LogP contribution in [0.1, 0.15) is 29.4 Å². The maximum atomic E-state index is 13.6. The maximum absolute atomic E-state index is 13.6. The Morgan fingerprint density at radius 1 is 1.23 bits per heavy atom. The summed E-state index contributed by atoms with van der Waals surface area (Å²) < 4.78 is 53.7. The number of aryl methyl sites for hydroxylation is 1. The Balaban J connectivity index is 1.49. The van der Waals surface area contributed by atoms with Gasteiger partial charge in [0, 0.05) is 56.6 Å². The second kappa shape index (κ2) is 10.5. The molecule has 1 atom stereocenters. The normalized spacial score (nSPS) is 16.1. The molecule has 0 radical (unpaired) electrons. The van der Waals surface area contributed by atoms with Crippen molar-refractivity contribution in [1.29, 1.82) is 0 Å². The van der Waals surface area contributed by atoms with Crippen molar-refractivity contribution in [2.45, 2.75) is 18.5 Å². The van der Waals surface area contributed by atoms with E-state index >= 15 is 0 Å². The van der Waals surface area contributed by atoms with Gasteiger partial charge < -0.3 is 30.4 Å². The summed E-state index contributed by atoms with van der Waals surface area (Å²) in [7, 11) is 3.32. The number of halogens is 4. The van der Waals surface area contributed by atoms with Gasteiger partial charge in [0.2, 0.25) is 5.95 Å². The molecule has 0 spiro atoms. The van der Waals surface area contributed by atoms with E-state index in [0.29, 0.717) is 42.4 Å². The highest BCUT2D eigenvalue weighted by Crippen LogP contribution is 2.37. The van der Waals surface area contributed by atoms with Crippen LogP contribution in [0.2, 0.25) is 5.02 Å². The summed E-state index contributed by atoms with van der Waals surface area (Å²) in [5, 5.41) is 6.02. The third kappa shape index (κ3) is 5.25. The molecule has 15 heteroatoms. The standard InChI is InChI=1S/C24H23ClF3N9O2/c1-30-21-19(31-4-5-32-21)15(9-29)39-16-10-33-22-20(18(16)25)37(2)23(36-22)34-13-7-14(12-3-6-38-11-12)35-17(8-13)24(26,27)28/h4-5,7-10,12H,3,6,11,29H2,1-2H3,(H,30,32)(H,33,34,35,36)/b15-9+/t12-/m1/s1. The largest absolute Gasteiger partial charge is 0.450 e. The Kier molecular flexibility index (Phi) is 7.14. The zero-order valence-corrected chi connectivity index (χ0v) is 21.5. The van der Waals surface area contributed by atoms with E-state index in [4.69, 9.17) is 26.8 Å². The lowest BCUT2D eigenvalue weighted by Crippen LogP contribution is -2.13. The van der Waals surface area contributed by atoms with Crippen molar-refractivity contribution >= 4 is 46.0 Å². The first kappa shape index (κ1) is 26.4. The second-order valence-corrected chi connectivity index (χ2v) is 8.97. The average Bonchev–Trinajstić information content (AvgIpc) is 3.57. The van der Waals surface area contributed by atoms with Gasteiger partial charge in [0.05, 0.1) is 12.8 Å². The molecule has 204 valence electrons. The number of nitrogens with one attached hydrogen (secondary N) is 2. The number of pyridine rings is 2. The molecule has 11 nitrogen and oxygen atoms in total. The number of imidazole rings is 1. The van der Waals surface area contributed by atoms with Gasteiger partial charge in [0.25, 0.3) is 0 Å². The molecule has 1 saturated heterocycles. The molecule has 0 unspecified atom stereocenters. The van der Waals surface area contributed by atoms with Gasteiger partial charge in [0.1, 0.15) is 21.9 Å². The van der Waals surface area contributed by atoms with E-state index < -0.39 is 11.9 Å². The fraction of sp³-hybridized carbons (Fsp3) is 0.292. The van der Waals surface area contributed by atoms with Crippen LogP contribution in [0.4, 0.5) is 30.6 Å². The van der Waals surface area contributed by atoms with Crippen LogP contribution in [0.25, 0.3) is 16.9 Å². The summed E-state index contributed by atoms with van der Waals surface area (Å²) in [5.74, 6) is 0.758. The zero-order valence-electron chi connectivity index (χ0n) is 20.8. The average molecular weight is 562 g/mol. The van der Waals surface area contributed by atoms with Crippen molar-refractivity contribution in [2.24, 2.45) is 12.8 Å². The van der Waals surface area contributed by atoms with Gasteiger partial charge >= 0.3 is 6.18 Å². The number of aromatic nitrogens is 6. The summed E-state index contributed by atoms with van der Waals surface area (Å²) in [6.07, 6.45) is 1.55. The number of anilines is 3. The van der Waals surface area contributed by atoms with Gasteiger partial charge in [-0.1, -0.05) is 11.6 Å².